The molecule has 1 unspecified atom stereocenters. The quantitative estimate of drug-likeness (QED) is 0.498. The molecular formula is C22H29BrN2O3. The van der Waals surface area contributed by atoms with E-state index in [9.17, 15) is 4.79 Å². The Labute approximate surface area is 175 Å². The molecule has 0 aromatic heterocycles. The highest BCUT2D eigenvalue weighted by molar-refractivity contribution is 9.09. The van der Waals surface area contributed by atoms with Crippen LogP contribution in [0.1, 0.15) is 37.2 Å². The number of amides is 2. The fourth-order valence-electron chi connectivity index (χ4n) is 4.91. The smallest absolute Gasteiger partial charge is 0.317 e. The number of carbonyl (C=O) groups is 1. The Bertz CT molecular complexity index is 738. The minimum absolute atomic E-state index is 0.00226. The Kier molecular flexibility index (Phi) is 6.14. The van der Waals surface area contributed by atoms with Crippen LogP contribution < -0.4 is 14.8 Å². The zero-order chi connectivity index (χ0) is 19.5. The zero-order valence-electron chi connectivity index (χ0n) is 16.4. The predicted molar refractivity (Wildman–Crippen MR) is 114 cm³/mol. The summed E-state index contributed by atoms with van der Waals surface area (Å²) < 4.78 is 12.0. The molecule has 1 saturated heterocycles. The van der Waals surface area contributed by atoms with Crippen LogP contribution in [0.25, 0.3) is 0 Å². The average Bonchev–Trinajstić information content (AvgIpc) is 3.33. The molecule has 5 nitrogen and oxygen atoms in total. The number of ether oxygens (including phenoxy) is 2. The van der Waals surface area contributed by atoms with Crippen molar-refractivity contribution >= 4 is 22.0 Å². The van der Waals surface area contributed by atoms with Gasteiger partial charge in [-0.2, -0.15) is 0 Å². The summed E-state index contributed by atoms with van der Waals surface area (Å²) in [5.41, 5.74) is 1.19. The number of allylic oxidation sites excluding steroid dienone is 1. The molecule has 2 bridgehead atoms. The number of carbonyl (C=O) groups excluding carboxylic acids is 1. The molecule has 1 N–H and O–H groups in total. The van der Waals surface area contributed by atoms with Gasteiger partial charge < -0.3 is 19.7 Å². The minimum Gasteiger partial charge on any atom is -0.493 e. The van der Waals surface area contributed by atoms with Crippen LogP contribution in [-0.4, -0.2) is 49.1 Å². The Balaban J connectivity index is 1.48. The molecule has 152 valence electrons. The Morgan fingerprint density at radius 1 is 1.25 bits per heavy atom. The molecule has 3 aliphatic rings. The Hall–Kier alpha value is -1.69. The first kappa shape index (κ1) is 19.6. The SMILES string of the molecule is COc1ccc(C2CNC(=O)N(C/C=C/CBr)C2)cc1O[C@H]1C[C@@H]2CC[C@H]1C2. The van der Waals surface area contributed by atoms with E-state index in [0.717, 1.165) is 22.7 Å². The van der Waals surface area contributed by atoms with Crippen molar-refractivity contribution in [2.75, 3.05) is 32.1 Å². The van der Waals surface area contributed by atoms with Gasteiger partial charge in [0.15, 0.2) is 11.5 Å². The summed E-state index contributed by atoms with van der Waals surface area (Å²) in [6.07, 6.45) is 9.51. The lowest BCUT2D eigenvalue weighted by Gasteiger charge is -2.33. The maximum atomic E-state index is 12.2. The second kappa shape index (κ2) is 8.76. The van der Waals surface area contributed by atoms with Crippen molar-refractivity contribution in [3.05, 3.63) is 35.9 Å². The lowest BCUT2D eigenvalue weighted by Crippen LogP contribution is -2.50. The van der Waals surface area contributed by atoms with E-state index < -0.39 is 0 Å². The summed E-state index contributed by atoms with van der Waals surface area (Å²) in [7, 11) is 1.70. The maximum absolute atomic E-state index is 12.2. The van der Waals surface area contributed by atoms with Crippen LogP contribution in [0.15, 0.2) is 30.4 Å². The average molecular weight is 449 g/mol. The van der Waals surface area contributed by atoms with Crippen LogP contribution in [0.5, 0.6) is 11.5 Å². The van der Waals surface area contributed by atoms with Crippen molar-refractivity contribution in [3.63, 3.8) is 0 Å². The number of hydrogen-bond acceptors (Lipinski definition) is 3. The molecular weight excluding hydrogens is 420 g/mol. The first-order valence-electron chi connectivity index (χ1n) is 10.3. The van der Waals surface area contributed by atoms with Crippen molar-refractivity contribution in [3.8, 4) is 11.5 Å². The lowest BCUT2D eigenvalue weighted by atomic mass is 9.95. The number of rotatable bonds is 7. The minimum atomic E-state index is 0.00226. The van der Waals surface area contributed by atoms with Crippen LogP contribution in [0.3, 0.4) is 0 Å². The van der Waals surface area contributed by atoms with Crippen molar-refractivity contribution in [1.82, 2.24) is 10.2 Å². The van der Waals surface area contributed by atoms with E-state index in [0.29, 0.717) is 31.7 Å². The number of urea groups is 1. The fourth-order valence-corrected chi connectivity index (χ4v) is 5.18. The third-order valence-electron chi connectivity index (χ3n) is 6.42. The van der Waals surface area contributed by atoms with Gasteiger partial charge in [-0.15, -0.1) is 0 Å². The van der Waals surface area contributed by atoms with E-state index >= 15 is 0 Å². The van der Waals surface area contributed by atoms with E-state index in [4.69, 9.17) is 9.47 Å². The number of methoxy groups -OCH3 is 1. The number of nitrogens with zero attached hydrogens (tertiary/aromatic N) is 1. The summed E-state index contributed by atoms with van der Waals surface area (Å²) in [4.78, 5) is 14.0. The fraction of sp³-hybridized carbons (Fsp3) is 0.591. The van der Waals surface area contributed by atoms with Crippen molar-refractivity contribution < 1.29 is 14.3 Å². The predicted octanol–water partition coefficient (Wildman–Crippen LogP) is 4.32. The van der Waals surface area contributed by atoms with Crippen LogP contribution >= 0.6 is 15.9 Å². The topological polar surface area (TPSA) is 50.8 Å². The van der Waals surface area contributed by atoms with Gasteiger partial charge in [0, 0.05) is 30.9 Å². The number of fused-ring (bicyclic) bond motifs is 2. The molecule has 2 amide bonds. The Morgan fingerprint density at radius 2 is 2.14 bits per heavy atom. The van der Waals surface area contributed by atoms with Gasteiger partial charge in [0.05, 0.1) is 7.11 Å². The van der Waals surface area contributed by atoms with Crippen LogP contribution in [0, 0.1) is 11.8 Å². The number of alkyl halides is 1. The van der Waals surface area contributed by atoms with E-state index in [-0.39, 0.29) is 11.9 Å². The van der Waals surface area contributed by atoms with Crippen LogP contribution in [-0.2, 0) is 0 Å². The summed E-state index contributed by atoms with van der Waals surface area (Å²) in [6, 6.07) is 6.23. The molecule has 1 aromatic carbocycles. The van der Waals surface area contributed by atoms with Gasteiger partial charge in [-0.1, -0.05) is 34.1 Å². The molecule has 28 heavy (non-hydrogen) atoms. The van der Waals surface area contributed by atoms with Crippen molar-refractivity contribution in [1.29, 1.82) is 0 Å². The number of benzene rings is 1. The zero-order valence-corrected chi connectivity index (χ0v) is 18.0. The van der Waals surface area contributed by atoms with Crippen LogP contribution in [0.2, 0.25) is 0 Å². The highest BCUT2D eigenvalue weighted by atomic mass is 79.9. The second-order valence-corrected chi connectivity index (χ2v) is 8.80. The highest BCUT2D eigenvalue weighted by Gasteiger charge is 2.41. The maximum Gasteiger partial charge on any atom is 0.317 e. The molecule has 3 fully saturated rings. The summed E-state index contributed by atoms with van der Waals surface area (Å²) >= 11 is 3.38. The second-order valence-electron chi connectivity index (χ2n) is 8.16. The molecule has 4 atom stereocenters. The number of nitrogens with one attached hydrogen (secondary N) is 1. The molecule has 1 aromatic rings. The molecule has 2 aliphatic carbocycles. The van der Waals surface area contributed by atoms with E-state index in [1.165, 1.54) is 31.2 Å². The van der Waals surface area contributed by atoms with E-state index in [2.05, 4.69) is 33.4 Å². The first-order valence-corrected chi connectivity index (χ1v) is 11.4. The molecule has 0 radical (unpaired) electrons. The summed E-state index contributed by atoms with van der Waals surface area (Å²) in [6.45, 7) is 1.98. The monoisotopic (exact) mass is 448 g/mol. The molecule has 6 heteroatoms. The molecule has 4 rings (SSSR count). The Morgan fingerprint density at radius 3 is 2.86 bits per heavy atom. The lowest BCUT2D eigenvalue weighted by molar-refractivity contribution is 0.133. The number of hydrogen-bond donors (Lipinski definition) is 1. The van der Waals surface area contributed by atoms with Gasteiger partial charge >= 0.3 is 6.03 Å². The van der Waals surface area contributed by atoms with Gasteiger partial charge in [-0.25, -0.2) is 4.79 Å². The van der Waals surface area contributed by atoms with Gasteiger partial charge in [0.2, 0.25) is 0 Å². The highest BCUT2D eigenvalue weighted by Crippen LogP contribution is 2.47. The molecule has 0 spiro atoms. The van der Waals surface area contributed by atoms with E-state index in [1.807, 2.05) is 23.1 Å². The van der Waals surface area contributed by atoms with Crippen molar-refractivity contribution in [2.45, 2.75) is 37.7 Å². The third kappa shape index (κ3) is 4.17. The number of halogens is 1. The van der Waals surface area contributed by atoms with Gasteiger partial charge in [-0.3, -0.25) is 0 Å². The van der Waals surface area contributed by atoms with Gasteiger partial charge in [0.1, 0.15) is 6.10 Å². The van der Waals surface area contributed by atoms with E-state index in [1.54, 1.807) is 7.11 Å². The third-order valence-corrected chi connectivity index (χ3v) is 6.79. The first-order chi connectivity index (χ1) is 13.7. The summed E-state index contributed by atoms with van der Waals surface area (Å²) in [5, 5.41) is 3.82. The van der Waals surface area contributed by atoms with Crippen molar-refractivity contribution in [2.24, 2.45) is 11.8 Å². The van der Waals surface area contributed by atoms with Gasteiger partial charge in [0.25, 0.3) is 0 Å². The standard InChI is InChI=1S/C22H29BrN2O3/c1-27-19-7-6-16(12-21(19)28-20-11-15-4-5-17(20)10-15)18-13-24-22(26)25(14-18)9-3-2-8-23/h2-3,6-7,12,15,17-18,20H,4-5,8-11,13-14H2,1H3,(H,24,26)/b3-2+/t15-,17+,18?,20+/m1/s1. The molecule has 1 aliphatic heterocycles. The molecule has 1 heterocycles. The summed E-state index contributed by atoms with van der Waals surface area (Å²) in [5.74, 6) is 3.43. The largest absolute Gasteiger partial charge is 0.493 e. The molecule has 2 saturated carbocycles. The van der Waals surface area contributed by atoms with Crippen LogP contribution in [0.4, 0.5) is 4.79 Å². The van der Waals surface area contributed by atoms with Gasteiger partial charge in [-0.05, 0) is 55.2 Å². The normalized spacial score (nSPS) is 29.4.